The monoisotopic (exact) mass is 499 g/mol. The van der Waals surface area contributed by atoms with Crippen LogP contribution in [0, 0.1) is 5.92 Å². The average molecular weight is 500 g/mol. The Morgan fingerprint density at radius 1 is 1.03 bits per heavy atom. The number of likely N-dealkylation sites (N-methyl/N-ethyl adjacent to an activating group) is 1. The molecule has 5 heterocycles. The summed E-state index contributed by atoms with van der Waals surface area (Å²) in [6, 6.07) is 8.04. The van der Waals surface area contributed by atoms with Gasteiger partial charge in [-0.2, -0.15) is 0 Å². The fraction of sp³-hybridized carbons (Fsp3) is 0.407. The number of carbonyl (C=O) groups is 1. The van der Waals surface area contributed by atoms with Crippen molar-refractivity contribution < 1.29 is 13.9 Å². The summed E-state index contributed by atoms with van der Waals surface area (Å²) in [5.41, 5.74) is 3.38. The summed E-state index contributed by atoms with van der Waals surface area (Å²) < 4.78 is 12.3. The Hall–Kier alpha value is -3.76. The van der Waals surface area contributed by atoms with Gasteiger partial charge in [-0.3, -0.25) is 4.79 Å². The van der Waals surface area contributed by atoms with E-state index in [0.717, 1.165) is 66.6 Å². The second-order valence-corrected chi connectivity index (χ2v) is 10.3. The summed E-state index contributed by atoms with van der Waals surface area (Å²) in [7, 11) is 3.98. The first-order valence-electron chi connectivity index (χ1n) is 12.8. The van der Waals surface area contributed by atoms with E-state index in [-0.39, 0.29) is 24.0 Å². The molecule has 3 aliphatic rings. The summed E-state index contributed by atoms with van der Waals surface area (Å²) in [6.07, 6.45) is 5.79. The molecule has 10 nitrogen and oxygen atoms in total. The lowest BCUT2D eigenvalue weighted by Crippen LogP contribution is -2.58. The van der Waals surface area contributed by atoms with Gasteiger partial charge in [0.2, 0.25) is 11.8 Å². The van der Waals surface area contributed by atoms with Gasteiger partial charge in [0.25, 0.3) is 0 Å². The SMILES string of the molecule is CNc1ncc(-c2nc3cc(N4CC5CN(C)CC(C4)O5)ccc3o2)c2cc(NC(=O)C3CC3)ncc12. The smallest absolute Gasteiger partial charge is 0.229 e. The zero-order chi connectivity index (χ0) is 25.1. The van der Waals surface area contributed by atoms with E-state index in [1.54, 1.807) is 12.4 Å². The van der Waals surface area contributed by atoms with E-state index in [1.165, 1.54) is 0 Å². The van der Waals surface area contributed by atoms with E-state index >= 15 is 0 Å². The molecule has 37 heavy (non-hydrogen) atoms. The lowest BCUT2D eigenvalue weighted by atomic mass is 10.1. The molecular weight excluding hydrogens is 470 g/mol. The zero-order valence-electron chi connectivity index (χ0n) is 20.9. The van der Waals surface area contributed by atoms with E-state index < -0.39 is 0 Å². The van der Waals surface area contributed by atoms with Gasteiger partial charge in [-0.1, -0.05) is 0 Å². The van der Waals surface area contributed by atoms with Crippen LogP contribution in [0.2, 0.25) is 0 Å². The Kier molecular flexibility index (Phi) is 5.26. The molecular formula is C27H29N7O3. The van der Waals surface area contributed by atoms with Crippen molar-refractivity contribution >= 4 is 45.1 Å². The number of ether oxygens (including phenoxy) is 1. The van der Waals surface area contributed by atoms with Gasteiger partial charge >= 0.3 is 0 Å². The van der Waals surface area contributed by atoms with Crippen LogP contribution in [-0.2, 0) is 9.53 Å². The quantitative estimate of drug-likeness (QED) is 0.427. The van der Waals surface area contributed by atoms with Crippen LogP contribution in [0.3, 0.4) is 0 Å². The Morgan fingerprint density at radius 2 is 1.84 bits per heavy atom. The normalized spacial score (nSPS) is 21.9. The Labute approximate surface area is 214 Å². The Balaban J connectivity index is 1.24. The molecule has 7 rings (SSSR count). The van der Waals surface area contributed by atoms with Crippen LogP contribution in [0.15, 0.2) is 41.1 Å². The third-order valence-corrected chi connectivity index (χ3v) is 7.44. The molecule has 0 spiro atoms. The standard InChI is InChI=1S/C27H29N7O3/c1-28-25-20-9-29-24(32-26(35)15-3-4-15)8-19(20)21(10-30-25)27-31-22-7-16(5-6-23(22)37-27)34-13-17-11-33(2)12-18(14-34)36-17/h5-10,15,17-18H,3-4,11-14H2,1-2H3,(H,28,30)(H,29,32,35). The van der Waals surface area contributed by atoms with Gasteiger partial charge in [0.05, 0.1) is 17.8 Å². The number of nitrogens with zero attached hydrogens (tertiary/aromatic N) is 5. The van der Waals surface area contributed by atoms with Gasteiger partial charge in [-0.15, -0.1) is 0 Å². The molecule has 0 radical (unpaired) electrons. The zero-order valence-corrected chi connectivity index (χ0v) is 20.9. The van der Waals surface area contributed by atoms with Crippen molar-refractivity contribution in [3.05, 3.63) is 36.7 Å². The molecule has 2 saturated heterocycles. The summed E-state index contributed by atoms with van der Waals surface area (Å²) in [5, 5.41) is 7.75. The first kappa shape index (κ1) is 22.4. The molecule has 2 bridgehead atoms. The maximum Gasteiger partial charge on any atom is 0.229 e. The van der Waals surface area contributed by atoms with Crippen molar-refractivity contribution in [1.82, 2.24) is 19.9 Å². The number of anilines is 3. The van der Waals surface area contributed by atoms with E-state index in [2.05, 4.69) is 49.6 Å². The number of oxazole rings is 1. The second-order valence-electron chi connectivity index (χ2n) is 10.3. The van der Waals surface area contributed by atoms with Crippen molar-refractivity contribution in [2.45, 2.75) is 25.0 Å². The number of aromatic nitrogens is 3. The predicted molar refractivity (Wildman–Crippen MR) is 142 cm³/mol. The minimum absolute atomic E-state index is 0.0181. The van der Waals surface area contributed by atoms with E-state index in [9.17, 15) is 4.79 Å². The average Bonchev–Trinajstić information content (AvgIpc) is 3.66. The highest BCUT2D eigenvalue weighted by Crippen LogP contribution is 2.36. The molecule has 2 N–H and O–H groups in total. The largest absolute Gasteiger partial charge is 0.436 e. The van der Waals surface area contributed by atoms with E-state index in [1.807, 2.05) is 19.2 Å². The topological polar surface area (TPSA) is 109 Å². The molecule has 1 aliphatic carbocycles. The molecule has 10 heteroatoms. The van der Waals surface area contributed by atoms with Gasteiger partial charge in [0.1, 0.15) is 17.2 Å². The number of amides is 1. The third-order valence-electron chi connectivity index (χ3n) is 7.44. The van der Waals surface area contributed by atoms with Gasteiger partial charge in [-0.25, -0.2) is 15.0 Å². The van der Waals surface area contributed by atoms with Crippen LogP contribution >= 0.6 is 0 Å². The number of nitrogens with one attached hydrogen (secondary N) is 2. The summed E-state index contributed by atoms with van der Waals surface area (Å²) in [4.78, 5) is 30.9. The lowest BCUT2D eigenvalue weighted by molar-refractivity contribution is -0.117. The molecule has 1 amide bonds. The molecule has 3 fully saturated rings. The van der Waals surface area contributed by atoms with Crippen molar-refractivity contribution in [2.75, 3.05) is 55.8 Å². The summed E-state index contributed by atoms with van der Waals surface area (Å²) >= 11 is 0. The van der Waals surface area contributed by atoms with Gasteiger partial charge in [-0.05, 0) is 44.2 Å². The fourth-order valence-electron chi connectivity index (χ4n) is 5.48. The molecule has 190 valence electrons. The molecule has 2 atom stereocenters. The lowest BCUT2D eigenvalue weighted by Gasteiger charge is -2.45. The van der Waals surface area contributed by atoms with Crippen LogP contribution in [0.25, 0.3) is 33.3 Å². The minimum Gasteiger partial charge on any atom is -0.436 e. The van der Waals surface area contributed by atoms with Crippen LogP contribution in [0.4, 0.5) is 17.3 Å². The predicted octanol–water partition coefficient (Wildman–Crippen LogP) is 3.35. The first-order valence-corrected chi connectivity index (χ1v) is 12.8. The van der Waals surface area contributed by atoms with Crippen molar-refractivity contribution in [2.24, 2.45) is 5.92 Å². The maximum absolute atomic E-state index is 12.3. The molecule has 1 saturated carbocycles. The molecule has 2 unspecified atom stereocenters. The first-order chi connectivity index (χ1) is 18.0. The molecule has 2 aliphatic heterocycles. The van der Waals surface area contributed by atoms with Crippen LogP contribution in [0.1, 0.15) is 12.8 Å². The summed E-state index contributed by atoms with van der Waals surface area (Å²) in [5.74, 6) is 1.82. The van der Waals surface area contributed by atoms with Crippen molar-refractivity contribution in [1.29, 1.82) is 0 Å². The van der Waals surface area contributed by atoms with Crippen LogP contribution < -0.4 is 15.5 Å². The number of pyridine rings is 2. The van der Waals surface area contributed by atoms with Gasteiger partial charge < -0.3 is 29.6 Å². The Morgan fingerprint density at radius 3 is 2.59 bits per heavy atom. The molecule has 4 aromatic rings. The van der Waals surface area contributed by atoms with Gasteiger partial charge in [0.15, 0.2) is 5.58 Å². The molecule has 1 aromatic carbocycles. The van der Waals surface area contributed by atoms with Crippen molar-refractivity contribution in [3.8, 4) is 11.5 Å². The minimum atomic E-state index is 0.0181. The number of benzene rings is 1. The number of rotatable bonds is 5. The second kappa shape index (κ2) is 8.67. The number of hydrogen-bond donors (Lipinski definition) is 2. The maximum atomic E-state index is 12.3. The summed E-state index contributed by atoms with van der Waals surface area (Å²) in [6.45, 7) is 3.62. The third kappa shape index (κ3) is 4.15. The highest BCUT2D eigenvalue weighted by molar-refractivity contribution is 6.03. The van der Waals surface area contributed by atoms with Crippen LogP contribution in [-0.4, -0.2) is 78.2 Å². The fourth-order valence-corrected chi connectivity index (χ4v) is 5.48. The number of morpholine rings is 2. The Bertz CT molecular complexity index is 1500. The number of fused-ring (bicyclic) bond motifs is 4. The highest BCUT2D eigenvalue weighted by Gasteiger charge is 2.34. The molecule has 3 aromatic heterocycles. The number of hydrogen-bond acceptors (Lipinski definition) is 9. The van der Waals surface area contributed by atoms with Gasteiger partial charge in [0, 0.05) is 68.0 Å². The van der Waals surface area contributed by atoms with Crippen LogP contribution in [0.5, 0.6) is 0 Å². The highest BCUT2D eigenvalue weighted by atomic mass is 16.5. The van der Waals surface area contributed by atoms with E-state index in [0.29, 0.717) is 23.1 Å². The number of carbonyl (C=O) groups excluding carboxylic acids is 1. The van der Waals surface area contributed by atoms with Crippen molar-refractivity contribution in [3.63, 3.8) is 0 Å². The van der Waals surface area contributed by atoms with E-state index in [4.69, 9.17) is 14.1 Å².